The summed E-state index contributed by atoms with van der Waals surface area (Å²) in [6.07, 6.45) is 0. The van der Waals surface area contributed by atoms with Crippen LogP contribution in [-0.2, 0) is 9.59 Å². The molecule has 150 valence electrons. The van der Waals surface area contributed by atoms with Gasteiger partial charge in [0, 0.05) is 10.7 Å². The first-order valence-electron chi connectivity index (χ1n) is 9.34. The molecule has 1 N–H and O–H groups in total. The summed E-state index contributed by atoms with van der Waals surface area (Å²) >= 11 is 6.22. The maximum absolute atomic E-state index is 13.5. The molecule has 0 aliphatic carbocycles. The fourth-order valence-corrected chi connectivity index (χ4v) is 3.53. The summed E-state index contributed by atoms with van der Waals surface area (Å²) in [5.74, 6) is -1.38. The summed E-state index contributed by atoms with van der Waals surface area (Å²) in [4.78, 5) is 27.8. The molecular formula is C24H18ClFN2O2. The van der Waals surface area contributed by atoms with E-state index in [2.05, 4.69) is 5.32 Å². The highest BCUT2D eigenvalue weighted by molar-refractivity contribution is 6.46. The van der Waals surface area contributed by atoms with Crippen molar-refractivity contribution in [2.24, 2.45) is 0 Å². The van der Waals surface area contributed by atoms with Gasteiger partial charge in [0.25, 0.3) is 11.8 Å². The van der Waals surface area contributed by atoms with E-state index in [9.17, 15) is 14.0 Å². The largest absolute Gasteiger partial charge is 0.350 e. The summed E-state index contributed by atoms with van der Waals surface area (Å²) in [6.45, 7) is 3.76. The molecule has 0 saturated heterocycles. The van der Waals surface area contributed by atoms with Crippen LogP contribution in [0.4, 0.5) is 15.8 Å². The van der Waals surface area contributed by atoms with E-state index >= 15 is 0 Å². The first-order chi connectivity index (χ1) is 14.3. The lowest BCUT2D eigenvalue weighted by Crippen LogP contribution is -2.32. The molecule has 0 unspecified atom stereocenters. The van der Waals surface area contributed by atoms with Crippen molar-refractivity contribution in [2.45, 2.75) is 13.8 Å². The topological polar surface area (TPSA) is 49.4 Å². The summed E-state index contributed by atoms with van der Waals surface area (Å²) in [7, 11) is 0. The van der Waals surface area contributed by atoms with Crippen LogP contribution in [0.1, 0.15) is 16.7 Å². The van der Waals surface area contributed by atoms with Gasteiger partial charge in [0.1, 0.15) is 11.5 Å². The Bertz CT molecular complexity index is 1200. The van der Waals surface area contributed by atoms with Gasteiger partial charge in [-0.3, -0.25) is 9.59 Å². The molecule has 4 rings (SSSR count). The van der Waals surface area contributed by atoms with Gasteiger partial charge in [-0.2, -0.15) is 0 Å². The highest BCUT2D eigenvalue weighted by Gasteiger charge is 2.40. The van der Waals surface area contributed by atoms with Crippen molar-refractivity contribution in [1.82, 2.24) is 0 Å². The van der Waals surface area contributed by atoms with E-state index < -0.39 is 17.6 Å². The van der Waals surface area contributed by atoms with Gasteiger partial charge in [0.15, 0.2) is 0 Å². The van der Waals surface area contributed by atoms with Crippen LogP contribution in [0.2, 0.25) is 5.02 Å². The number of aryl methyl sites for hydroxylation is 2. The molecule has 0 bridgehead atoms. The molecular weight excluding hydrogens is 403 g/mol. The highest BCUT2D eigenvalue weighted by atomic mass is 35.5. The van der Waals surface area contributed by atoms with Gasteiger partial charge in [0.2, 0.25) is 0 Å². The summed E-state index contributed by atoms with van der Waals surface area (Å²) in [6, 6.07) is 17.9. The molecule has 2 amide bonds. The number of hydrogen-bond acceptors (Lipinski definition) is 3. The van der Waals surface area contributed by atoms with Gasteiger partial charge < -0.3 is 5.32 Å². The second-order valence-electron chi connectivity index (χ2n) is 7.13. The predicted octanol–water partition coefficient (Wildman–Crippen LogP) is 5.49. The number of imide groups is 1. The first kappa shape index (κ1) is 19.9. The number of nitrogens with zero attached hydrogens (tertiary/aromatic N) is 1. The molecule has 30 heavy (non-hydrogen) atoms. The number of amides is 2. The predicted molar refractivity (Wildman–Crippen MR) is 117 cm³/mol. The van der Waals surface area contributed by atoms with Crippen LogP contribution in [0.5, 0.6) is 0 Å². The third-order valence-corrected chi connectivity index (χ3v) is 5.33. The number of nitrogens with one attached hydrogen (secondary N) is 1. The van der Waals surface area contributed by atoms with E-state index in [4.69, 9.17) is 11.6 Å². The molecule has 4 nitrogen and oxygen atoms in total. The zero-order valence-corrected chi connectivity index (χ0v) is 17.1. The van der Waals surface area contributed by atoms with Gasteiger partial charge in [0.05, 0.1) is 11.3 Å². The quantitative estimate of drug-likeness (QED) is 0.567. The third-order valence-electron chi connectivity index (χ3n) is 4.92. The Morgan fingerprint density at radius 3 is 2.30 bits per heavy atom. The number of carbonyl (C=O) groups excluding carboxylic acids is 2. The lowest BCUT2D eigenvalue weighted by molar-refractivity contribution is -0.120. The van der Waals surface area contributed by atoms with E-state index in [0.29, 0.717) is 22.0 Å². The van der Waals surface area contributed by atoms with Gasteiger partial charge in [-0.15, -0.1) is 0 Å². The number of halogens is 2. The summed E-state index contributed by atoms with van der Waals surface area (Å²) in [5, 5.41) is 3.59. The molecule has 0 fully saturated rings. The highest BCUT2D eigenvalue weighted by Crippen LogP contribution is 2.34. The van der Waals surface area contributed by atoms with Crippen molar-refractivity contribution in [2.75, 3.05) is 10.2 Å². The van der Waals surface area contributed by atoms with Gasteiger partial charge in [-0.1, -0.05) is 41.9 Å². The van der Waals surface area contributed by atoms with Crippen LogP contribution < -0.4 is 10.2 Å². The Morgan fingerprint density at radius 2 is 1.63 bits per heavy atom. The number of carbonyl (C=O) groups is 2. The van der Waals surface area contributed by atoms with Crippen molar-refractivity contribution >= 4 is 40.4 Å². The molecule has 6 heteroatoms. The van der Waals surface area contributed by atoms with Crippen LogP contribution in [0, 0.1) is 19.7 Å². The maximum Gasteiger partial charge on any atom is 0.282 e. The van der Waals surface area contributed by atoms with E-state index in [0.717, 1.165) is 16.0 Å². The number of benzene rings is 3. The van der Waals surface area contributed by atoms with Crippen molar-refractivity contribution in [3.05, 3.63) is 100.0 Å². The van der Waals surface area contributed by atoms with Crippen LogP contribution in [0.3, 0.4) is 0 Å². The van der Waals surface area contributed by atoms with E-state index in [1.165, 1.54) is 24.3 Å². The SMILES string of the molecule is Cc1cccc(N2C(=O)C(Nc3ccc(C)c(Cl)c3)=C(c3ccc(F)cc3)C2=O)c1. The van der Waals surface area contributed by atoms with E-state index in [1.807, 2.05) is 26.0 Å². The van der Waals surface area contributed by atoms with Gasteiger partial charge in [-0.25, -0.2) is 9.29 Å². The summed E-state index contributed by atoms with van der Waals surface area (Å²) in [5.41, 5.74) is 3.61. The van der Waals surface area contributed by atoms with Crippen LogP contribution >= 0.6 is 11.6 Å². The zero-order chi connectivity index (χ0) is 21.4. The smallest absolute Gasteiger partial charge is 0.282 e. The Hall–Kier alpha value is -3.44. The van der Waals surface area contributed by atoms with E-state index in [-0.39, 0.29) is 11.3 Å². The van der Waals surface area contributed by atoms with Gasteiger partial charge >= 0.3 is 0 Å². The van der Waals surface area contributed by atoms with Crippen LogP contribution in [0.15, 0.2) is 72.4 Å². The molecule has 0 aromatic heterocycles. The maximum atomic E-state index is 13.5. The minimum Gasteiger partial charge on any atom is -0.350 e. The Morgan fingerprint density at radius 1 is 0.900 bits per heavy atom. The monoisotopic (exact) mass is 420 g/mol. The third kappa shape index (κ3) is 3.60. The molecule has 0 atom stereocenters. The standard InChI is InChI=1S/C24H18ClFN2O2/c1-14-4-3-5-19(12-14)28-23(29)21(16-7-9-17(26)10-8-16)22(24(28)30)27-18-11-6-15(2)20(25)13-18/h3-13,27H,1-2H3. The van der Waals surface area contributed by atoms with Crippen LogP contribution in [-0.4, -0.2) is 11.8 Å². The average molecular weight is 421 g/mol. The summed E-state index contributed by atoms with van der Waals surface area (Å²) < 4.78 is 13.5. The minimum atomic E-state index is -0.485. The normalized spacial score (nSPS) is 13.9. The van der Waals surface area contributed by atoms with Crippen molar-refractivity contribution < 1.29 is 14.0 Å². The molecule has 3 aromatic carbocycles. The first-order valence-corrected chi connectivity index (χ1v) is 9.72. The minimum absolute atomic E-state index is 0.119. The lowest BCUT2D eigenvalue weighted by Gasteiger charge is -2.16. The van der Waals surface area contributed by atoms with Crippen molar-refractivity contribution in [1.29, 1.82) is 0 Å². The number of rotatable bonds is 4. The number of hydrogen-bond donors (Lipinski definition) is 1. The molecule has 3 aromatic rings. The fraction of sp³-hybridized carbons (Fsp3) is 0.0833. The lowest BCUT2D eigenvalue weighted by atomic mass is 10.0. The molecule has 0 spiro atoms. The second-order valence-corrected chi connectivity index (χ2v) is 7.54. The van der Waals surface area contributed by atoms with Crippen molar-refractivity contribution in [3.63, 3.8) is 0 Å². The Labute approximate surface area is 178 Å². The van der Waals surface area contributed by atoms with E-state index in [1.54, 1.807) is 30.3 Å². The Balaban J connectivity index is 1.83. The van der Waals surface area contributed by atoms with Crippen molar-refractivity contribution in [3.8, 4) is 0 Å². The van der Waals surface area contributed by atoms with Crippen LogP contribution in [0.25, 0.3) is 5.57 Å². The molecule has 1 aliphatic heterocycles. The number of anilines is 2. The molecule has 1 aliphatic rings. The molecule has 0 saturated carbocycles. The average Bonchev–Trinajstić information content (AvgIpc) is 2.95. The second kappa shape index (κ2) is 7.76. The molecule has 1 heterocycles. The molecule has 0 radical (unpaired) electrons. The fourth-order valence-electron chi connectivity index (χ4n) is 3.35. The Kier molecular flexibility index (Phi) is 5.14. The zero-order valence-electron chi connectivity index (χ0n) is 16.4. The van der Waals surface area contributed by atoms with Gasteiger partial charge in [-0.05, 0) is 66.9 Å².